The Morgan fingerprint density at radius 1 is 1.09 bits per heavy atom. The van der Waals surface area contributed by atoms with E-state index in [0.717, 1.165) is 12.8 Å². The molecule has 1 aromatic carbocycles. The summed E-state index contributed by atoms with van der Waals surface area (Å²) in [6, 6.07) is 6.98. The molecule has 4 rings (SSSR count). The number of alkyl halides is 3. The fourth-order valence-corrected chi connectivity index (χ4v) is 3.62. The molecule has 2 heterocycles. The second-order valence-electron chi connectivity index (χ2n) is 5.95. The van der Waals surface area contributed by atoms with E-state index in [9.17, 15) is 13.2 Å². The molecule has 0 bridgehead atoms. The van der Waals surface area contributed by atoms with Gasteiger partial charge in [0.15, 0.2) is 5.69 Å². The minimum atomic E-state index is -4.60. The highest BCUT2D eigenvalue weighted by Crippen LogP contribution is 2.54. The summed E-state index contributed by atoms with van der Waals surface area (Å²) in [4.78, 5) is 7.65. The summed E-state index contributed by atoms with van der Waals surface area (Å²) < 4.78 is 46.8. The number of fused-ring (bicyclic) bond motifs is 4. The standard InChI is InChI=1S/C16H14F3N3O/c17-16(18,19)13-11-12(21-14(20)22-13)9-5-1-2-6-10(9)23-15(11)7-3-4-8-15/h1-2,5-6H,3-4,7-8H2,(H2,20,21,22). The van der Waals surface area contributed by atoms with Crippen molar-refractivity contribution in [3.05, 3.63) is 35.5 Å². The largest absolute Gasteiger partial charge is 0.482 e. The Morgan fingerprint density at radius 3 is 2.48 bits per heavy atom. The Kier molecular flexibility index (Phi) is 2.86. The second-order valence-corrected chi connectivity index (χ2v) is 5.95. The number of nitrogens with two attached hydrogens (primary N) is 1. The molecule has 2 aliphatic rings. The van der Waals surface area contributed by atoms with Crippen molar-refractivity contribution >= 4 is 5.95 Å². The molecule has 23 heavy (non-hydrogen) atoms. The van der Waals surface area contributed by atoms with E-state index >= 15 is 0 Å². The summed E-state index contributed by atoms with van der Waals surface area (Å²) in [5.74, 6) is 0.175. The smallest absolute Gasteiger partial charge is 0.433 e. The van der Waals surface area contributed by atoms with Crippen molar-refractivity contribution in [3.8, 4) is 17.0 Å². The molecule has 0 atom stereocenters. The first-order valence-corrected chi connectivity index (χ1v) is 7.44. The predicted octanol–water partition coefficient (Wildman–Crippen LogP) is 3.91. The Morgan fingerprint density at radius 2 is 1.78 bits per heavy atom. The average molecular weight is 321 g/mol. The van der Waals surface area contributed by atoms with Crippen molar-refractivity contribution in [2.45, 2.75) is 37.5 Å². The Bertz CT molecular complexity index is 783. The summed E-state index contributed by atoms with van der Waals surface area (Å²) in [6.07, 6.45) is -1.95. The van der Waals surface area contributed by atoms with E-state index in [1.807, 2.05) is 0 Å². The van der Waals surface area contributed by atoms with Gasteiger partial charge in [-0.1, -0.05) is 12.1 Å². The highest BCUT2D eigenvalue weighted by Gasteiger charge is 2.51. The maximum atomic E-state index is 13.6. The van der Waals surface area contributed by atoms with Crippen LogP contribution in [0.2, 0.25) is 0 Å². The van der Waals surface area contributed by atoms with Crippen LogP contribution in [0.1, 0.15) is 36.9 Å². The monoisotopic (exact) mass is 321 g/mol. The highest BCUT2D eigenvalue weighted by molar-refractivity contribution is 5.75. The minimum Gasteiger partial charge on any atom is -0.482 e. The molecule has 1 aliphatic heterocycles. The molecule has 0 unspecified atom stereocenters. The third-order valence-corrected chi connectivity index (χ3v) is 4.51. The number of halogens is 3. The number of nitrogens with zero attached hydrogens (tertiary/aromatic N) is 2. The molecule has 120 valence electrons. The van der Waals surface area contributed by atoms with Gasteiger partial charge in [0.25, 0.3) is 0 Å². The molecule has 2 aromatic rings. The van der Waals surface area contributed by atoms with Gasteiger partial charge in [-0.3, -0.25) is 0 Å². The summed E-state index contributed by atoms with van der Waals surface area (Å²) in [5, 5.41) is 0. The van der Waals surface area contributed by atoms with Gasteiger partial charge in [-0.05, 0) is 37.8 Å². The van der Waals surface area contributed by atoms with Gasteiger partial charge in [0.2, 0.25) is 5.95 Å². The van der Waals surface area contributed by atoms with Gasteiger partial charge in [-0.2, -0.15) is 13.2 Å². The van der Waals surface area contributed by atoms with Crippen molar-refractivity contribution in [3.63, 3.8) is 0 Å². The molecule has 2 N–H and O–H groups in total. The van der Waals surface area contributed by atoms with E-state index in [1.165, 1.54) is 0 Å². The number of para-hydroxylation sites is 1. The van der Waals surface area contributed by atoms with Crippen molar-refractivity contribution in [2.24, 2.45) is 0 Å². The average Bonchev–Trinajstić information content (AvgIpc) is 2.94. The van der Waals surface area contributed by atoms with Gasteiger partial charge in [-0.25, -0.2) is 9.97 Å². The zero-order valence-electron chi connectivity index (χ0n) is 12.2. The number of hydrogen-bond donors (Lipinski definition) is 1. The molecule has 4 nitrogen and oxygen atoms in total. The fourth-order valence-electron chi connectivity index (χ4n) is 3.62. The van der Waals surface area contributed by atoms with E-state index in [-0.39, 0.29) is 17.2 Å². The van der Waals surface area contributed by atoms with Crippen LogP contribution in [0, 0.1) is 0 Å². The maximum Gasteiger partial charge on any atom is 0.433 e. The van der Waals surface area contributed by atoms with Crippen molar-refractivity contribution in [2.75, 3.05) is 5.73 Å². The predicted molar refractivity (Wildman–Crippen MR) is 77.7 cm³/mol. The van der Waals surface area contributed by atoms with Crippen LogP contribution in [0.15, 0.2) is 24.3 Å². The van der Waals surface area contributed by atoms with Crippen molar-refractivity contribution in [1.82, 2.24) is 9.97 Å². The molecule has 0 radical (unpaired) electrons. The number of nitrogen functional groups attached to an aromatic ring is 1. The van der Waals surface area contributed by atoms with Crippen LogP contribution in [-0.4, -0.2) is 9.97 Å². The molecule has 1 aliphatic carbocycles. The topological polar surface area (TPSA) is 61.0 Å². The number of rotatable bonds is 0. The van der Waals surface area contributed by atoms with Gasteiger partial charge < -0.3 is 10.5 Å². The molecule has 0 amide bonds. The van der Waals surface area contributed by atoms with Crippen LogP contribution in [0.25, 0.3) is 11.3 Å². The number of hydrogen-bond acceptors (Lipinski definition) is 4. The second kappa shape index (κ2) is 4.59. The maximum absolute atomic E-state index is 13.6. The van der Waals surface area contributed by atoms with E-state index in [0.29, 0.717) is 24.2 Å². The van der Waals surface area contributed by atoms with Crippen LogP contribution in [0.3, 0.4) is 0 Å². The Balaban J connectivity index is 2.09. The van der Waals surface area contributed by atoms with Crippen LogP contribution < -0.4 is 10.5 Å². The summed E-state index contributed by atoms with van der Waals surface area (Å²) in [7, 11) is 0. The third-order valence-electron chi connectivity index (χ3n) is 4.51. The first-order chi connectivity index (χ1) is 10.9. The number of anilines is 1. The lowest BCUT2D eigenvalue weighted by atomic mass is 9.84. The zero-order chi connectivity index (χ0) is 16.2. The Labute approximate surface area is 130 Å². The van der Waals surface area contributed by atoms with Crippen LogP contribution in [0.5, 0.6) is 5.75 Å². The molecule has 1 spiro atoms. The number of benzene rings is 1. The summed E-state index contributed by atoms with van der Waals surface area (Å²) >= 11 is 0. The quantitative estimate of drug-likeness (QED) is 0.799. The SMILES string of the molecule is Nc1nc2c(c(C(F)(F)F)n1)C1(CCCC1)Oc1ccccc1-2. The molecule has 7 heteroatoms. The molecule has 1 fully saturated rings. The van der Waals surface area contributed by atoms with Gasteiger partial charge in [0.1, 0.15) is 11.4 Å². The van der Waals surface area contributed by atoms with E-state index in [2.05, 4.69) is 9.97 Å². The summed E-state index contributed by atoms with van der Waals surface area (Å²) in [6.45, 7) is 0. The number of aromatic nitrogens is 2. The van der Waals surface area contributed by atoms with Gasteiger partial charge in [-0.15, -0.1) is 0 Å². The summed E-state index contributed by atoms with van der Waals surface area (Å²) in [5.41, 5.74) is 4.38. The highest BCUT2D eigenvalue weighted by atomic mass is 19.4. The third kappa shape index (κ3) is 2.06. The van der Waals surface area contributed by atoms with E-state index < -0.39 is 17.5 Å². The van der Waals surface area contributed by atoms with E-state index in [1.54, 1.807) is 24.3 Å². The van der Waals surface area contributed by atoms with Gasteiger partial charge in [0.05, 0.1) is 11.3 Å². The van der Waals surface area contributed by atoms with Crippen LogP contribution in [-0.2, 0) is 11.8 Å². The first kappa shape index (κ1) is 14.3. The molecule has 0 saturated heterocycles. The van der Waals surface area contributed by atoms with Crippen LogP contribution in [0.4, 0.5) is 19.1 Å². The van der Waals surface area contributed by atoms with Crippen LogP contribution >= 0.6 is 0 Å². The molecular formula is C16H14F3N3O. The van der Waals surface area contributed by atoms with Gasteiger partial charge in [0, 0.05) is 5.56 Å². The normalized spacial score (nSPS) is 18.4. The number of ether oxygens (including phenoxy) is 1. The van der Waals surface area contributed by atoms with Crippen molar-refractivity contribution in [1.29, 1.82) is 0 Å². The molecular weight excluding hydrogens is 307 g/mol. The first-order valence-electron chi connectivity index (χ1n) is 7.44. The van der Waals surface area contributed by atoms with Crippen molar-refractivity contribution < 1.29 is 17.9 Å². The molecule has 1 saturated carbocycles. The lowest BCUT2D eigenvalue weighted by Gasteiger charge is -2.38. The lowest BCUT2D eigenvalue weighted by molar-refractivity contribution is -0.144. The van der Waals surface area contributed by atoms with E-state index in [4.69, 9.17) is 10.5 Å². The lowest BCUT2D eigenvalue weighted by Crippen LogP contribution is -2.37. The Hall–Kier alpha value is -2.31. The zero-order valence-corrected chi connectivity index (χ0v) is 12.2. The molecule has 1 aromatic heterocycles. The van der Waals surface area contributed by atoms with Gasteiger partial charge >= 0.3 is 6.18 Å². The minimum absolute atomic E-state index is 0.0374. The fraction of sp³-hybridized carbons (Fsp3) is 0.375.